The van der Waals surface area contributed by atoms with Gasteiger partial charge in [0.1, 0.15) is 11.5 Å². The number of carbonyl (C=O) groups is 2. The molecule has 2 aromatic rings. The number of aryl methyl sites for hydroxylation is 1. The summed E-state index contributed by atoms with van der Waals surface area (Å²) in [5, 5.41) is 8.33. The second-order valence-corrected chi connectivity index (χ2v) is 7.91. The molecule has 0 aliphatic carbocycles. The number of nitrogens with zero attached hydrogens (tertiary/aromatic N) is 1. The lowest BCUT2D eigenvalue weighted by Gasteiger charge is -2.29. The van der Waals surface area contributed by atoms with Crippen molar-refractivity contribution in [3.05, 3.63) is 57.0 Å². The van der Waals surface area contributed by atoms with Crippen LogP contribution in [0, 0.1) is 19.3 Å². The van der Waals surface area contributed by atoms with Crippen LogP contribution in [0.5, 0.6) is 0 Å². The maximum atomic E-state index is 14.1. The van der Waals surface area contributed by atoms with Gasteiger partial charge in [0.25, 0.3) is 11.5 Å². The van der Waals surface area contributed by atoms with Crippen LogP contribution in [0.1, 0.15) is 33.9 Å². The minimum Gasteiger partial charge on any atom is -0.459 e. The Labute approximate surface area is 196 Å². The number of amides is 2. The molecule has 1 aliphatic rings. The number of benzene rings is 1. The van der Waals surface area contributed by atoms with Crippen LogP contribution in [0.15, 0.2) is 33.8 Å². The first kappa shape index (κ1) is 24.5. The summed E-state index contributed by atoms with van der Waals surface area (Å²) in [7, 11) is 0. The SMILES string of the molecule is C#CCNC(=O)CNC(=O)c1cc(C2=NOC(c3cc(Cl)cc(Cl)c3)(C(F)(F)F)C2)oc1C. The third-order valence-corrected chi connectivity index (χ3v) is 5.20. The van der Waals surface area contributed by atoms with Gasteiger partial charge in [0, 0.05) is 15.6 Å². The summed E-state index contributed by atoms with van der Waals surface area (Å²) in [6, 6.07) is 4.71. The molecule has 0 saturated carbocycles. The van der Waals surface area contributed by atoms with Crippen molar-refractivity contribution >= 4 is 40.7 Å². The summed E-state index contributed by atoms with van der Waals surface area (Å²) in [5.74, 6) is 1.07. The zero-order valence-electron chi connectivity index (χ0n) is 17.0. The van der Waals surface area contributed by atoms with E-state index < -0.39 is 30.0 Å². The number of terminal acetylenes is 1. The molecule has 7 nitrogen and oxygen atoms in total. The molecule has 0 spiro atoms. The molecular weight excluding hydrogens is 486 g/mol. The number of rotatable bonds is 6. The maximum absolute atomic E-state index is 14.1. The highest BCUT2D eigenvalue weighted by molar-refractivity contribution is 6.34. The molecule has 33 heavy (non-hydrogen) atoms. The van der Waals surface area contributed by atoms with E-state index >= 15 is 0 Å². The Kier molecular flexibility index (Phi) is 6.95. The van der Waals surface area contributed by atoms with E-state index in [0.717, 1.165) is 12.1 Å². The molecule has 2 amide bonds. The van der Waals surface area contributed by atoms with E-state index in [4.69, 9.17) is 38.9 Å². The van der Waals surface area contributed by atoms with Crippen molar-refractivity contribution in [2.45, 2.75) is 25.1 Å². The summed E-state index contributed by atoms with van der Waals surface area (Å²) in [4.78, 5) is 28.9. The molecule has 3 rings (SSSR count). The van der Waals surface area contributed by atoms with Gasteiger partial charge in [-0.05, 0) is 31.2 Å². The quantitative estimate of drug-likeness (QED) is 0.586. The van der Waals surface area contributed by atoms with Gasteiger partial charge in [0.15, 0.2) is 5.76 Å². The molecule has 1 aromatic heterocycles. The number of oxime groups is 1. The molecule has 174 valence electrons. The molecule has 2 N–H and O–H groups in total. The predicted molar refractivity (Wildman–Crippen MR) is 114 cm³/mol. The summed E-state index contributed by atoms with van der Waals surface area (Å²) in [5.41, 5.74) is -3.31. The molecular formula is C21H16Cl2F3N3O4. The lowest BCUT2D eigenvalue weighted by molar-refractivity contribution is -0.275. The number of alkyl halides is 3. The van der Waals surface area contributed by atoms with Crippen molar-refractivity contribution in [3.63, 3.8) is 0 Å². The Morgan fingerprint density at radius 1 is 1.21 bits per heavy atom. The highest BCUT2D eigenvalue weighted by Gasteiger charge is 2.62. The summed E-state index contributed by atoms with van der Waals surface area (Å²) < 4.78 is 47.8. The zero-order chi connectivity index (χ0) is 24.4. The fraction of sp³-hybridized carbons (Fsp3) is 0.286. The van der Waals surface area contributed by atoms with Crippen molar-refractivity contribution in [2.75, 3.05) is 13.1 Å². The number of nitrogens with one attached hydrogen (secondary N) is 2. The normalized spacial score (nSPS) is 17.7. The molecule has 0 fully saturated rings. The summed E-state index contributed by atoms with van der Waals surface area (Å²) in [6.07, 6.45) is -0.581. The van der Waals surface area contributed by atoms with Gasteiger partial charge in [-0.25, -0.2) is 0 Å². The Morgan fingerprint density at radius 3 is 2.48 bits per heavy atom. The summed E-state index contributed by atoms with van der Waals surface area (Å²) >= 11 is 11.8. The smallest absolute Gasteiger partial charge is 0.435 e. The molecule has 0 saturated heterocycles. The zero-order valence-corrected chi connectivity index (χ0v) is 18.5. The third-order valence-electron chi connectivity index (χ3n) is 4.76. The first-order chi connectivity index (χ1) is 15.5. The van der Waals surface area contributed by atoms with E-state index in [1.54, 1.807) is 0 Å². The van der Waals surface area contributed by atoms with Gasteiger partial charge < -0.3 is 19.9 Å². The maximum Gasteiger partial charge on any atom is 0.435 e. The number of hydrogen-bond acceptors (Lipinski definition) is 5. The van der Waals surface area contributed by atoms with Crippen LogP contribution >= 0.6 is 23.2 Å². The fourth-order valence-electron chi connectivity index (χ4n) is 3.14. The number of furan rings is 1. The van der Waals surface area contributed by atoms with Crippen molar-refractivity contribution in [1.82, 2.24) is 10.6 Å². The van der Waals surface area contributed by atoms with Crippen LogP contribution in [-0.2, 0) is 15.2 Å². The molecule has 0 bridgehead atoms. The van der Waals surface area contributed by atoms with Crippen LogP contribution in [0.25, 0.3) is 0 Å². The molecule has 1 aromatic carbocycles. The highest BCUT2D eigenvalue weighted by Crippen LogP contribution is 2.49. The molecule has 12 heteroatoms. The largest absolute Gasteiger partial charge is 0.459 e. The van der Waals surface area contributed by atoms with Crippen LogP contribution in [0.4, 0.5) is 13.2 Å². The monoisotopic (exact) mass is 501 g/mol. The van der Waals surface area contributed by atoms with Gasteiger partial charge in [-0.15, -0.1) is 6.42 Å². The van der Waals surface area contributed by atoms with Crippen molar-refractivity contribution in [1.29, 1.82) is 0 Å². The number of halogens is 5. The van der Waals surface area contributed by atoms with Gasteiger partial charge in [-0.3, -0.25) is 9.59 Å². The molecule has 1 atom stereocenters. The summed E-state index contributed by atoms with van der Waals surface area (Å²) in [6.45, 7) is 1.10. The highest BCUT2D eigenvalue weighted by atomic mass is 35.5. The molecule has 1 aliphatic heterocycles. The Balaban J connectivity index is 1.82. The second kappa shape index (κ2) is 9.37. The fourth-order valence-corrected chi connectivity index (χ4v) is 3.67. The molecule has 0 radical (unpaired) electrons. The standard InChI is InChI=1S/C21H16Cl2F3N3O4/c1-3-4-27-18(30)10-28-19(31)15-8-17(32-11(15)2)16-9-20(33-29-16,21(24,25)26)12-5-13(22)7-14(23)6-12/h1,5-8H,4,9-10H2,2H3,(H,27,30)(H,28,31). The Morgan fingerprint density at radius 2 is 1.88 bits per heavy atom. The molecule has 1 unspecified atom stereocenters. The van der Waals surface area contributed by atoms with E-state index in [1.165, 1.54) is 19.1 Å². The second-order valence-electron chi connectivity index (χ2n) is 7.03. The van der Waals surface area contributed by atoms with Gasteiger partial charge in [-0.1, -0.05) is 34.3 Å². The van der Waals surface area contributed by atoms with Crippen molar-refractivity contribution < 1.29 is 32.0 Å². The van der Waals surface area contributed by atoms with E-state index in [9.17, 15) is 22.8 Å². The first-order valence-electron chi connectivity index (χ1n) is 9.34. The van der Waals surface area contributed by atoms with E-state index in [2.05, 4.69) is 21.7 Å². The Hall–Kier alpha value is -3.16. The topological polar surface area (TPSA) is 92.9 Å². The van der Waals surface area contributed by atoms with Gasteiger partial charge >= 0.3 is 6.18 Å². The third kappa shape index (κ3) is 5.10. The van der Waals surface area contributed by atoms with Crippen molar-refractivity contribution in [3.8, 4) is 12.3 Å². The van der Waals surface area contributed by atoms with Crippen molar-refractivity contribution in [2.24, 2.45) is 5.16 Å². The van der Waals surface area contributed by atoms with Gasteiger partial charge in [0.05, 0.1) is 25.1 Å². The lowest BCUT2D eigenvalue weighted by Crippen LogP contribution is -2.42. The average molecular weight is 502 g/mol. The van der Waals surface area contributed by atoms with E-state index in [-0.39, 0.29) is 51.5 Å². The van der Waals surface area contributed by atoms with E-state index in [1.807, 2.05) is 0 Å². The average Bonchev–Trinajstić information content (AvgIpc) is 3.34. The first-order valence-corrected chi connectivity index (χ1v) is 10.1. The predicted octanol–water partition coefficient (Wildman–Crippen LogP) is 3.96. The van der Waals surface area contributed by atoms with Crippen LogP contribution in [0.3, 0.4) is 0 Å². The van der Waals surface area contributed by atoms with Crippen LogP contribution in [-0.4, -0.2) is 36.8 Å². The lowest BCUT2D eigenvalue weighted by atomic mass is 9.87. The minimum absolute atomic E-state index is 0.00219. The molecule has 2 heterocycles. The van der Waals surface area contributed by atoms with Gasteiger partial charge in [0.2, 0.25) is 5.91 Å². The number of hydrogen-bond donors (Lipinski definition) is 2. The van der Waals surface area contributed by atoms with E-state index in [0.29, 0.717) is 0 Å². The number of carbonyl (C=O) groups excluding carboxylic acids is 2. The minimum atomic E-state index is -4.88. The van der Waals surface area contributed by atoms with Crippen LogP contribution in [0.2, 0.25) is 10.0 Å². The Bertz CT molecular complexity index is 1150. The van der Waals surface area contributed by atoms with Gasteiger partial charge in [-0.2, -0.15) is 13.2 Å². The van der Waals surface area contributed by atoms with Crippen LogP contribution < -0.4 is 10.6 Å².